The van der Waals surface area contributed by atoms with Crippen LogP contribution in [-0.2, 0) is 10.8 Å². The van der Waals surface area contributed by atoms with Crippen molar-refractivity contribution < 1.29 is 6.51 Å². The standard InChI is InChI=1S/C12H11.C5H5.C2H7N.Fe/c1-10-6-5-9-12(10)11-7-3-2-4-8-11;1-2-4-5-3-1;1-3-2;/h2-9H,1H3;1-5H;3H,1-2H3;. The van der Waals surface area contributed by atoms with E-state index in [1.54, 1.807) is 0 Å². The Balaban J connectivity index is 0.000000258. The normalized spacial score (nSPS) is 101. The predicted octanol–water partition coefficient (Wildman–Crippen LogP) is 4.71. The molecule has 10 aliphatic heterocycles. The van der Waals surface area contributed by atoms with Crippen molar-refractivity contribution in [2.24, 2.45) is 0 Å². The maximum atomic E-state index is 2.85. The Morgan fingerprint density at radius 3 is 1.67 bits per heavy atom. The molecule has 2 heteroatoms. The first-order valence-electron chi connectivity index (χ1n) is 8.81. The third-order valence-corrected chi connectivity index (χ3v) is 61.0. The molecule has 1 aromatic rings. The van der Waals surface area contributed by atoms with Crippen molar-refractivity contribution in [2.45, 2.75) is 54.1 Å². The van der Waals surface area contributed by atoms with Gasteiger partial charge in [-0.1, -0.05) is 0 Å². The van der Waals surface area contributed by atoms with Crippen LogP contribution in [0.25, 0.3) is 0 Å². The van der Waals surface area contributed by atoms with E-state index in [9.17, 15) is 0 Å². The van der Waals surface area contributed by atoms with E-state index in [0.717, 1.165) is 8.63 Å². The molecule has 0 amide bonds. The molecular formula is C19H23FeN. The van der Waals surface area contributed by atoms with Crippen molar-refractivity contribution in [2.75, 3.05) is 14.1 Å². The zero-order valence-corrected chi connectivity index (χ0v) is 14.0. The van der Waals surface area contributed by atoms with E-state index in [-0.39, 0.29) is 0 Å². The summed E-state index contributed by atoms with van der Waals surface area (Å²) < 4.78 is 1.92. The summed E-state index contributed by atoms with van der Waals surface area (Å²) >= 11 is 0. The van der Waals surface area contributed by atoms with Crippen LogP contribution in [0.5, 0.6) is 0 Å². The molecule has 11 rings (SSSR count). The molecule has 0 bridgehead atoms. The average molecular weight is 321 g/mol. The third-order valence-electron chi connectivity index (χ3n) is 16.8. The Labute approximate surface area is 116 Å². The van der Waals surface area contributed by atoms with Crippen LogP contribution in [-0.4, -0.2) is 14.1 Å². The van der Waals surface area contributed by atoms with Gasteiger partial charge in [-0.3, -0.25) is 0 Å². The van der Waals surface area contributed by atoms with Gasteiger partial charge in [-0.05, 0) is 14.1 Å². The zero-order valence-electron chi connectivity index (χ0n) is 12.9. The maximum absolute atomic E-state index is 2.98. The summed E-state index contributed by atoms with van der Waals surface area (Å²) in [6.45, 7) is -0.132. The Hall–Kier alpha value is -0.301. The van der Waals surface area contributed by atoms with Crippen LogP contribution in [0.2, 0.25) is 42.8 Å². The van der Waals surface area contributed by atoms with E-state index >= 15 is 0 Å². The van der Waals surface area contributed by atoms with E-state index in [1.807, 2.05) is 19.7 Å². The fraction of sp³-hybridized carbons (Fsp3) is 0.684. The van der Waals surface area contributed by atoms with E-state index < -0.39 is 6.51 Å². The van der Waals surface area contributed by atoms with Crippen molar-refractivity contribution in [1.29, 1.82) is 0 Å². The number of rotatable bonds is 1. The van der Waals surface area contributed by atoms with Crippen molar-refractivity contribution in [3.8, 4) is 0 Å². The third kappa shape index (κ3) is 0.107. The Morgan fingerprint density at radius 1 is 0.857 bits per heavy atom. The summed E-state index contributed by atoms with van der Waals surface area (Å²) in [6.07, 6.45) is 0. The van der Waals surface area contributed by atoms with E-state index in [2.05, 4.69) is 42.6 Å². The van der Waals surface area contributed by atoms with Crippen molar-refractivity contribution in [1.82, 2.24) is 5.32 Å². The van der Waals surface area contributed by atoms with Crippen LogP contribution in [0.1, 0.15) is 12.5 Å². The van der Waals surface area contributed by atoms with Crippen LogP contribution in [0.3, 0.4) is 0 Å². The second kappa shape index (κ2) is 0.856. The number of hydrogen-bond acceptors (Lipinski definition) is 1. The van der Waals surface area contributed by atoms with Gasteiger partial charge in [0.25, 0.3) is 0 Å². The van der Waals surface area contributed by atoms with Gasteiger partial charge < -0.3 is 5.32 Å². The molecule has 0 saturated carbocycles. The molecular weight excluding hydrogens is 298 g/mol. The number of nitrogens with one attached hydrogen (secondary N) is 1. The summed E-state index contributed by atoms with van der Waals surface area (Å²) in [5.74, 6) is 0. The van der Waals surface area contributed by atoms with Gasteiger partial charge in [-0.25, -0.2) is 0 Å². The van der Waals surface area contributed by atoms with Crippen LogP contribution in [0.4, 0.5) is 0 Å². The summed E-state index contributed by atoms with van der Waals surface area (Å²) in [6, 6.07) is 12.0. The van der Waals surface area contributed by atoms with E-state index in [0.29, 0.717) is 0 Å². The van der Waals surface area contributed by atoms with Crippen LogP contribution in [0, 0.1) is 0 Å². The number of benzene rings is 1. The van der Waals surface area contributed by atoms with Crippen LogP contribution < -0.4 is 5.32 Å². The van der Waals surface area contributed by atoms with Crippen molar-refractivity contribution in [3.05, 3.63) is 35.9 Å². The molecule has 5 atom stereocenters. The molecule has 21 heavy (non-hydrogen) atoms. The molecule has 1 aromatic carbocycles. The molecule has 1 spiro atoms. The fourth-order valence-corrected chi connectivity index (χ4v) is 96.5. The monoisotopic (exact) mass is 321 g/mol. The molecule has 1 nitrogen and oxygen atoms in total. The molecule has 112 valence electrons. The van der Waals surface area contributed by atoms with Gasteiger partial charge in [-0.2, -0.15) is 0 Å². The number of fused-ring (bicyclic) bond motifs is 10. The molecule has 5 unspecified atom stereocenters. The van der Waals surface area contributed by atoms with Gasteiger partial charge >= 0.3 is 96.5 Å². The van der Waals surface area contributed by atoms with E-state index in [1.165, 1.54) is 38.5 Å². The van der Waals surface area contributed by atoms with Crippen LogP contribution >= 0.6 is 0 Å². The molecule has 10 fully saturated rings. The van der Waals surface area contributed by atoms with Gasteiger partial charge in [0.2, 0.25) is 0 Å². The molecule has 0 aliphatic carbocycles. The summed E-state index contributed by atoms with van der Waals surface area (Å²) in [4.78, 5) is 11.5. The topological polar surface area (TPSA) is 12.0 Å². The number of hydrogen-bond donors (Lipinski definition) is 1. The summed E-state index contributed by atoms with van der Waals surface area (Å²) in [5.41, 5.74) is 1.87. The summed E-state index contributed by atoms with van der Waals surface area (Å²) in [7, 11) is 3.75. The fourth-order valence-electron chi connectivity index (χ4n) is 19.2. The second-order valence-electron chi connectivity index (χ2n) is 12.0. The molecule has 10 heterocycles. The molecule has 10 saturated heterocycles. The quantitative estimate of drug-likeness (QED) is 0.739. The predicted molar refractivity (Wildman–Crippen MR) is 81.5 cm³/mol. The Bertz CT molecular complexity index is 1160. The van der Waals surface area contributed by atoms with E-state index in [4.69, 9.17) is 0 Å². The SMILES string of the molecule is CNC.C[C]12[CH]3[CH]4[CH]5[C]1(c1ccccc1)[Fe]43521678[CH]2[CH]1[CH]6[CH]7[CH]28. The Kier molecular flexibility index (Phi) is 0.371. The first kappa shape index (κ1) is 9.11. The first-order valence-corrected chi connectivity index (χ1v) is 15.0. The van der Waals surface area contributed by atoms with Gasteiger partial charge in [0.05, 0.1) is 0 Å². The molecule has 0 aromatic heterocycles. The second-order valence-corrected chi connectivity index (χ2v) is 35.5. The summed E-state index contributed by atoms with van der Waals surface area (Å²) in [5, 5.41) is 2.75. The molecule has 10 aliphatic rings. The van der Waals surface area contributed by atoms with Gasteiger partial charge in [0.1, 0.15) is 0 Å². The van der Waals surface area contributed by atoms with Gasteiger partial charge in [-0.15, -0.1) is 0 Å². The molecule has 0 radical (unpaired) electrons. The van der Waals surface area contributed by atoms with Gasteiger partial charge in [0, 0.05) is 0 Å². The Morgan fingerprint density at radius 2 is 1.38 bits per heavy atom. The zero-order chi connectivity index (χ0) is 13.8. The van der Waals surface area contributed by atoms with Crippen molar-refractivity contribution in [3.63, 3.8) is 0 Å². The first-order chi connectivity index (χ1) is 9.96. The van der Waals surface area contributed by atoms with Crippen molar-refractivity contribution >= 4 is 0 Å². The minimum absolute atomic E-state index is 0.924. The average Bonchev–Trinajstić information content (AvgIpc) is 3.44. The van der Waals surface area contributed by atoms with Crippen LogP contribution in [0.15, 0.2) is 30.3 Å². The van der Waals surface area contributed by atoms with Gasteiger partial charge in [0.15, 0.2) is 0 Å². The minimum atomic E-state index is -2.98. The molecule has 1 N–H and O–H groups in total.